The van der Waals surface area contributed by atoms with E-state index in [1.807, 2.05) is 11.3 Å². The van der Waals surface area contributed by atoms with Crippen LogP contribution >= 0.6 is 11.3 Å². The van der Waals surface area contributed by atoms with Crippen molar-refractivity contribution in [3.8, 4) is 0 Å². The van der Waals surface area contributed by atoms with Gasteiger partial charge >= 0.3 is 0 Å². The van der Waals surface area contributed by atoms with Crippen LogP contribution in [-0.4, -0.2) is 6.54 Å². The first-order chi connectivity index (χ1) is 10.3. The van der Waals surface area contributed by atoms with Crippen molar-refractivity contribution >= 4 is 11.3 Å². The fourth-order valence-electron chi connectivity index (χ4n) is 3.18. The largest absolute Gasteiger partial charge is 0.306 e. The first-order valence-electron chi connectivity index (χ1n) is 8.17. The second kappa shape index (κ2) is 6.76. The van der Waals surface area contributed by atoms with E-state index in [0.29, 0.717) is 6.04 Å². The molecule has 2 heteroatoms. The van der Waals surface area contributed by atoms with E-state index in [2.05, 4.69) is 54.9 Å². The van der Waals surface area contributed by atoms with Crippen LogP contribution in [-0.2, 0) is 0 Å². The van der Waals surface area contributed by atoms with Crippen molar-refractivity contribution in [3.05, 3.63) is 57.3 Å². The summed E-state index contributed by atoms with van der Waals surface area (Å²) in [6.45, 7) is 5.54. The molecule has 2 aromatic rings. The number of hydrogen-bond donors (Lipinski definition) is 1. The van der Waals surface area contributed by atoms with Gasteiger partial charge in [0.2, 0.25) is 0 Å². The van der Waals surface area contributed by atoms with Crippen LogP contribution in [0.1, 0.15) is 66.1 Å². The number of aryl methyl sites for hydroxylation is 1. The van der Waals surface area contributed by atoms with Crippen LogP contribution in [0.25, 0.3) is 0 Å². The van der Waals surface area contributed by atoms with Crippen LogP contribution in [0.5, 0.6) is 0 Å². The molecular weight excluding hydrogens is 274 g/mol. The van der Waals surface area contributed by atoms with E-state index in [4.69, 9.17) is 0 Å². The van der Waals surface area contributed by atoms with Gasteiger partial charge in [-0.1, -0.05) is 37.6 Å². The van der Waals surface area contributed by atoms with E-state index in [0.717, 1.165) is 12.5 Å². The van der Waals surface area contributed by atoms with E-state index < -0.39 is 0 Å². The van der Waals surface area contributed by atoms with Crippen molar-refractivity contribution in [2.45, 2.75) is 51.5 Å². The molecule has 1 saturated carbocycles. The van der Waals surface area contributed by atoms with Crippen molar-refractivity contribution in [1.82, 2.24) is 5.32 Å². The van der Waals surface area contributed by atoms with E-state index in [1.165, 1.54) is 41.7 Å². The Morgan fingerprint density at radius 2 is 2.05 bits per heavy atom. The minimum Gasteiger partial charge on any atom is -0.306 e. The van der Waals surface area contributed by atoms with Crippen molar-refractivity contribution in [2.75, 3.05) is 6.54 Å². The third-order valence-corrected chi connectivity index (χ3v) is 5.70. The number of nitrogens with one attached hydrogen (secondary N) is 1. The zero-order chi connectivity index (χ0) is 14.7. The quantitative estimate of drug-likeness (QED) is 0.751. The maximum atomic E-state index is 3.78. The van der Waals surface area contributed by atoms with Crippen LogP contribution in [0.15, 0.2) is 35.7 Å². The Balaban J connectivity index is 1.98. The van der Waals surface area contributed by atoms with Crippen LogP contribution in [0.3, 0.4) is 0 Å². The molecule has 3 rings (SSSR count). The molecule has 0 saturated heterocycles. The summed E-state index contributed by atoms with van der Waals surface area (Å²) >= 11 is 1.89. The summed E-state index contributed by atoms with van der Waals surface area (Å²) in [5.74, 6) is 0.785. The van der Waals surface area contributed by atoms with Gasteiger partial charge in [0.25, 0.3) is 0 Å². The summed E-state index contributed by atoms with van der Waals surface area (Å²) in [7, 11) is 0. The van der Waals surface area contributed by atoms with Gasteiger partial charge in [-0.05, 0) is 66.8 Å². The zero-order valence-corrected chi connectivity index (χ0v) is 13.9. The van der Waals surface area contributed by atoms with Crippen LogP contribution < -0.4 is 5.32 Å². The molecule has 1 nitrogen and oxygen atoms in total. The van der Waals surface area contributed by atoms with Gasteiger partial charge in [0, 0.05) is 4.88 Å². The Morgan fingerprint density at radius 3 is 2.67 bits per heavy atom. The normalized spacial score (nSPS) is 16.7. The Hall–Kier alpha value is -1.12. The molecule has 1 atom stereocenters. The molecule has 1 aliphatic carbocycles. The number of thiophene rings is 1. The first-order valence-corrected chi connectivity index (χ1v) is 9.05. The Labute approximate surface area is 132 Å². The van der Waals surface area contributed by atoms with Crippen molar-refractivity contribution < 1.29 is 0 Å². The van der Waals surface area contributed by atoms with Gasteiger partial charge in [0.15, 0.2) is 0 Å². The van der Waals surface area contributed by atoms with Crippen molar-refractivity contribution in [3.63, 3.8) is 0 Å². The second-order valence-electron chi connectivity index (χ2n) is 6.11. The SMILES string of the molecule is CCCNC(c1ccccc1C1CCC1)c1sccc1C. The maximum Gasteiger partial charge on any atom is 0.0676 e. The molecule has 21 heavy (non-hydrogen) atoms. The van der Waals surface area contributed by atoms with Gasteiger partial charge < -0.3 is 5.32 Å². The molecule has 1 fully saturated rings. The van der Waals surface area contributed by atoms with Crippen LogP contribution in [0, 0.1) is 6.92 Å². The third-order valence-electron chi connectivity index (χ3n) is 4.61. The van der Waals surface area contributed by atoms with E-state index in [9.17, 15) is 0 Å². The van der Waals surface area contributed by atoms with Gasteiger partial charge in [-0.2, -0.15) is 0 Å². The number of rotatable bonds is 6. The fraction of sp³-hybridized carbons (Fsp3) is 0.474. The average Bonchev–Trinajstić information content (AvgIpc) is 2.85. The third kappa shape index (κ3) is 3.07. The molecule has 0 amide bonds. The van der Waals surface area contributed by atoms with E-state index in [1.54, 1.807) is 5.56 Å². The Bertz CT molecular complexity index is 583. The summed E-state index contributed by atoms with van der Waals surface area (Å²) < 4.78 is 0. The molecule has 0 radical (unpaired) electrons. The van der Waals surface area contributed by atoms with E-state index in [-0.39, 0.29) is 0 Å². The zero-order valence-electron chi connectivity index (χ0n) is 13.1. The van der Waals surface area contributed by atoms with Crippen LogP contribution in [0.4, 0.5) is 0 Å². The molecule has 0 bridgehead atoms. The van der Waals surface area contributed by atoms with Gasteiger partial charge in [-0.25, -0.2) is 0 Å². The lowest BCUT2D eigenvalue weighted by molar-refractivity contribution is 0.414. The lowest BCUT2D eigenvalue weighted by Gasteiger charge is -2.31. The summed E-state index contributed by atoms with van der Waals surface area (Å²) in [6, 6.07) is 11.7. The highest BCUT2D eigenvalue weighted by molar-refractivity contribution is 7.10. The Kier molecular flexibility index (Phi) is 4.77. The van der Waals surface area contributed by atoms with Crippen molar-refractivity contribution in [2.24, 2.45) is 0 Å². The molecule has 0 aliphatic heterocycles. The van der Waals surface area contributed by atoms with Gasteiger partial charge in [-0.3, -0.25) is 0 Å². The van der Waals surface area contributed by atoms with Gasteiger partial charge in [0.05, 0.1) is 6.04 Å². The topological polar surface area (TPSA) is 12.0 Å². The standard InChI is InChI=1S/C19H25NS/c1-3-12-20-18(19-14(2)11-13-21-19)17-10-5-4-9-16(17)15-7-6-8-15/h4-5,9-11,13,15,18,20H,3,6-8,12H2,1-2H3. The molecule has 1 aromatic carbocycles. The molecule has 0 spiro atoms. The molecule has 1 N–H and O–H groups in total. The predicted octanol–water partition coefficient (Wildman–Crippen LogP) is 5.41. The molecule has 1 unspecified atom stereocenters. The number of hydrogen-bond acceptors (Lipinski definition) is 2. The van der Waals surface area contributed by atoms with Gasteiger partial charge in [-0.15, -0.1) is 11.3 Å². The Morgan fingerprint density at radius 1 is 1.24 bits per heavy atom. The lowest BCUT2D eigenvalue weighted by Crippen LogP contribution is -2.25. The lowest BCUT2D eigenvalue weighted by atomic mass is 9.77. The molecule has 1 aromatic heterocycles. The van der Waals surface area contributed by atoms with Crippen molar-refractivity contribution in [1.29, 1.82) is 0 Å². The van der Waals surface area contributed by atoms with Crippen LogP contribution in [0.2, 0.25) is 0 Å². The smallest absolute Gasteiger partial charge is 0.0676 e. The summed E-state index contributed by atoms with van der Waals surface area (Å²) in [6.07, 6.45) is 5.29. The van der Waals surface area contributed by atoms with E-state index >= 15 is 0 Å². The summed E-state index contributed by atoms with van der Waals surface area (Å²) in [4.78, 5) is 1.48. The minimum absolute atomic E-state index is 0.363. The fourth-order valence-corrected chi connectivity index (χ4v) is 4.20. The van der Waals surface area contributed by atoms with Gasteiger partial charge in [0.1, 0.15) is 0 Å². The molecule has 112 valence electrons. The highest BCUT2D eigenvalue weighted by Gasteiger charge is 2.26. The molecule has 1 heterocycles. The number of benzene rings is 1. The minimum atomic E-state index is 0.363. The highest BCUT2D eigenvalue weighted by Crippen LogP contribution is 2.41. The first kappa shape index (κ1) is 14.8. The highest BCUT2D eigenvalue weighted by atomic mass is 32.1. The monoisotopic (exact) mass is 299 g/mol. The molecular formula is C19H25NS. The summed E-state index contributed by atoms with van der Waals surface area (Å²) in [5, 5.41) is 6.00. The summed E-state index contributed by atoms with van der Waals surface area (Å²) in [5.41, 5.74) is 4.49. The molecule has 1 aliphatic rings. The second-order valence-corrected chi connectivity index (χ2v) is 7.06. The maximum absolute atomic E-state index is 3.78. The predicted molar refractivity (Wildman–Crippen MR) is 92.2 cm³/mol. The average molecular weight is 299 g/mol.